The van der Waals surface area contributed by atoms with E-state index in [9.17, 15) is 13.2 Å². The minimum absolute atomic E-state index is 0.00801. The Morgan fingerprint density at radius 1 is 1.38 bits per heavy atom. The topological polar surface area (TPSA) is 69.7 Å². The van der Waals surface area contributed by atoms with Crippen LogP contribution in [0.25, 0.3) is 0 Å². The van der Waals surface area contributed by atoms with Gasteiger partial charge in [-0.3, -0.25) is 4.79 Å². The smallest absolute Gasteiger partial charge is 0.251 e. The van der Waals surface area contributed by atoms with Crippen LogP contribution in [0.5, 0.6) is 0 Å². The van der Waals surface area contributed by atoms with Crippen LogP contribution < -0.4 is 5.32 Å². The predicted octanol–water partition coefficient (Wildman–Crippen LogP) is 2.10. The van der Waals surface area contributed by atoms with Gasteiger partial charge >= 0.3 is 0 Å². The number of hydrogen-bond donors (Lipinski definition) is 1. The third-order valence-corrected chi connectivity index (χ3v) is 6.70. The highest BCUT2D eigenvalue weighted by Gasteiger charge is 2.31. The second-order valence-electron chi connectivity index (χ2n) is 6.62. The predicted molar refractivity (Wildman–Crippen MR) is 104 cm³/mol. The third-order valence-electron chi connectivity index (χ3n) is 4.79. The molecule has 1 N–H and O–H groups in total. The molecule has 7 heteroatoms. The van der Waals surface area contributed by atoms with Crippen LogP contribution in [0.2, 0.25) is 0 Å². The second-order valence-corrected chi connectivity index (χ2v) is 8.62. The van der Waals surface area contributed by atoms with Gasteiger partial charge in [0.1, 0.15) is 0 Å². The molecule has 0 aliphatic carbocycles. The van der Waals surface area contributed by atoms with Crippen LogP contribution in [0.15, 0.2) is 41.8 Å². The lowest BCUT2D eigenvalue weighted by atomic mass is 10.1. The summed E-state index contributed by atoms with van der Waals surface area (Å²) in [5, 5.41) is 2.67. The fourth-order valence-corrected chi connectivity index (χ4v) is 4.71. The number of piperidine rings is 1. The number of rotatable bonds is 8. The lowest BCUT2D eigenvalue weighted by Gasteiger charge is -2.36. The van der Waals surface area contributed by atoms with Gasteiger partial charge in [-0.25, -0.2) is 8.42 Å². The first-order chi connectivity index (χ1) is 12.4. The molecule has 1 aliphatic rings. The Morgan fingerprint density at radius 2 is 2.08 bits per heavy atom. The Labute approximate surface area is 156 Å². The molecule has 1 aromatic rings. The summed E-state index contributed by atoms with van der Waals surface area (Å²) in [6, 6.07) is 6.19. The van der Waals surface area contributed by atoms with E-state index in [-0.39, 0.29) is 16.8 Å². The van der Waals surface area contributed by atoms with Crippen molar-refractivity contribution in [3.05, 3.63) is 42.5 Å². The number of carbonyl (C=O) groups excluding carboxylic acids is 1. The third kappa shape index (κ3) is 4.93. The van der Waals surface area contributed by atoms with Gasteiger partial charge in [-0.05, 0) is 57.1 Å². The van der Waals surface area contributed by atoms with Crippen molar-refractivity contribution in [1.29, 1.82) is 0 Å². The SMILES string of the molecule is C=CCNC(=O)c1cccc(S(=O)(=O)N(C)C2CCN(CCC)CC2)c1. The van der Waals surface area contributed by atoms with Gasteiger partial charge in [0.2, 0.25) is 10.0 Å². The molecule has 26 heavy (non-hydrogen) atoms. The van der Waals surface area contributed by atoms with Crippen LogP contribution in [-0.2, 0) is 10.0 Å². The summed E-state index contributed by atoms with van der Waals surface area (Å²) in [5.74, 6) is -0.308. The van der Waals surface area contributed by atoms with E-state index in [0.717, 1.165) is 38.9 Å². The highest BCUT2D eigenvalue weighted by molar-refractivity contribution is 7.89. The molecule has 0 atom stereocenters. The van der Waals surface area contributed by atoms with Gasteiger partial charge in [-0.2, -0.15) is 4.31 Å². The van der Waals surface area contributed by atoms with Gasteiger partial charge in [-0.1, -0.05) is 19.1 Å². The van der Waals surface area contributed by atoms with Gasteiger partial charge in [-0.15, -0.1) is 6.58 Å². The molecule has 0 saturated carbocycles. The average molecular weight is 380 g/mol. The summed E-state index contributed by atoms with van der Waals surface area (Å²) >= 11 is 0. The first-order valence-corrected chi connectivity index (χ1v) is 10.5. The van der Waals surface area contributed by atoms with E-state index in [1.54, 1.807) is 31.3 Å². The number of benzene rings is 1. The maximum atomic E-state index is 13.0. The fraction of sp³-hybridized carbons (Fsp3) is 0.526. The molecule has 144 valence electrons. The van der Waals surface area contributed by atoms with E-state index < -0.39 is 10.0 Å². The summed E-state index contributed by atoms with van der Waals surface area (Å²) < 4.78 is 27.5. The summed E-state index contributed by atoms with van der Waals surface area (Å²) in [7, 11) is -1.99. The Hall–Kier alpha value is -1.70. The summed E-state index contributed by atoms with van der Waals surface area (Å²) in [6.45, 7) is 8.95. The Balaban J connectivity index is 2.11. The molecular weight excluding hydrogens is 350 g/mol. The van der Waals surface area contributed by atoms with Crippen molar-refractivity contribution in [1.82, 2.24) is 14.5 Å². The van der Waals surface area contributed by atoms with Crippen molar-refractivity contribution in [2.24, 2.45) is 0 Å². The molecule has 0 unspecified atom stereocenters. The van der Waals surface area contributed by atoms with E-state index >= 15 is 0 Å². The molecule has 0 spiro atoms. The lowest BCUT2D eigenvalue weighted by molar-refractivity contribution is 0.0958. The van der Waals surface area contributed by atoms with E-state index in [2.05, 4.69) is 23.7 Å². The average Bonchev–Trinajstić information content (AvgIpc) is 2.66. The van der Waals surface area contributed by atoms with Crippen molar-refractivity contribution in [3.63, 3.8) is 0 Å². The molecule has 0 radical (unpaired) electrons. The van der Waals surface area contributed by atoms with Crippen molar-refractivity contribution in [2.45, 2.75) is 37.1 Å². The van der Waals surface area contributed by atoms with Crippen molar-refractivity contribution in [3.8, 4) is 0 Å². The Kier molecular flexibility index (Phi) is 7.37. The van der Waals surface area contributed by atoms with Crippen LogP contribution in [0.4, 0.5) is 0 Å². The normalized spacial score (nSPS) is 16.6. The molecule has 1 fully saturated rings. The van der Waals surface area contributed by atoms with E-state index in [4.69, 9.17) is 0 Å². The summed E-state index contributed by atoms with van der Waals surface area (Å²) in [5.41, 5.74) is 0.332. The number of nitrogens with zero attached hydrogens (tertiary/aromatic N) is 2. The van der Waals surface area contributed by atoms with Crippen LogP contribution in [-0.4, -0.2) is 62.8 Å². The minimum Gasteiger partial charge on any atom is -0.349 e. The van der Waals surface area contributed by atoms with E-state index in [1.165, 1.54) is 10.4 Å². The van der Waals surface area contributed by atoms with Crippen LogP contribution in [0.1, 0.15) is 36.5 Å². The number of nitrogens with one attached hydrogen (secondary N) is 1. The standard InChI is InChI=1S/C19H29N3O3S/c1-4-11-20-19(23)16-7-6-8-18(15-16)26(24,25)21(3)17-9-13-22(12-5-2)14-10-17/h4,6-8,15,17H,1,5,9-14H2,2-3H3,(H,20,23). The van der Waals surface area contributed by atoms with Crippen LogP contribution >= 0.6 is 0 Å². The Morgan fingerprint density at radius 3 is 2.69 bits per heavy atom. The highest BCUT2D eigenvalue weighted by Crippen LogP contribution is 2.23. The maximum Gasteiger partial charge on any atom is 0.251 e. The molecule has 1 aliphatic heterocycles. The van der Waals surface area contributed by atoms with Gasteiger partial charge in [0, 0.05) is 25.2 Å². The summed E-state index contributed by atoms with van der Waals surface area (Å²) in [6.07, 6.45) is 4.35. The summed E-state index contributed by atoms with van der Waals surface area (Å²) in [4.78, 5) is 14.6. The molecule has 1 aromatic carbocycles. The Bertz CT molecular complexity index is 725. The zero-order valence-corrected chi connectivity index (χ0v) is 16.5. The zero-order valence-electron chi connectivity index (χ0n) is 15.6. The zero-order chi connectivity index (χ0) is 19.2. The molecule has 1 amide bonds. The van der Waals surface area contributed by atoms with Gasteiger partial charge in [0.15, 0.2) is 0 Å². The first-order valence-electron chi connectivity index (χ1n) is 9.09. The van der Waals surface area contributed by atoms with Crippen molar-refractivity contribution < 1.29 is 13.2 Å². The number of likely N-dealkylation sites (tertiary alicyclic amines) is 1. The number of sulfonamides is 1. The lowest BCUT2D eigenvalue weighted by Crippen LogP contribution is -2.45. The fourth-order valence-electron chi connectivity index (χ4n) is 3.25. The van der Waals surface area contributed by atoms with Gasteiger partial charge in [0.05, 0.1) is 4.90 Å². The molecule has 1 heterocycles. The molecule has 0 aromatic heterocycles. The second kappa shape index (κ2) is 9.30. The van der Waals surface area contributed by atoms with Crippen molar-refractivity contribution in [2.75, 3.05) is 33.2 Å². The molecule has 2 rings (SSSR count). The molecule has 6 nitrogen and oxygen atoms in total. The largest absolute Gasteiger partial charge is 0.349 e. The number of hydrogen-bond acceptors (Lipinski definition) is 4. The first kappa shape index (κ1) is 20.6. The quantitative estimate of drug-likeness (QED) is 0.702. The number of carbonyl (C=O) groups is 1. The maximum absolute atomic E-state index is 13.0. The number of amides is 1. The van der Waals surface area contributed by atoms with Crippen molar-refractivity contribution >= 4 is 15.9 Å². The molecule has 1 saturated heterocycles. The van der Waals surface area contributed by atoms with Crippen LogP contribution in [0.3, 0.4) is 0 Å². The molecular formula is C19H29N3O3S. The minimum atomic E-state index is -3.63. The highest BCUT2D eigenvalue weighted by atomic mass is 32.2. The van der Waals surface area contributed by atoms with Gasteiger partial charge < -0.3 is 10.2 Å². The van der Waals surface area contributed by atoms with E-state index in [0.29, 0.717) is 12.1 Å². The molecule has 0 bridgehead atoms. The van der Waals surface area contributed by atoms with Gasteiger partial charge in [0.25, 0.3) is 5.91 Å². The monoisotopic (exact) mass is 379 g/mol. The van der Waals surface area contributed by atoms with E-state index in [1.807, 2.05) is 0 Å². The van der Waals surface area contributed by atoms with Crippen LogP contribution in [0, 0.1) is 0 Å².